The van der Waals surface area contributed by atoms with Gasteiger partial charge in [-0.25, -0.2) is 0 Å². The molecule has 0 fully saturated rings. The van der Waals surface area contributed by atoms with E-state index in [9.17, 15) is 9.59 Å². The third kappa shape index (κ3) is 3.62. The minimum absolute atomic E-state index is 0.0544. The molecule has 42 heavy (non-hydrogen) atoms. The van der Waals surface area contributed by atoms with Crippen LogP contribution in [0.4, 0.5) is 0 Å². The molecule has 0 spiro atoms. The van der Waals surface area contributed by atoms with Crippen molar-refractivity contribution in [2.75, 3.05) is 0 Å². The summed E-state index contributed by atoms with van der Waals surface area (Å²) in [5.74, 6) is 0. The maximum absolute atomic E-state index is 14.0. The summed E-state index contributed by atoms with van der Waals surface area (Å²) >= 11 is 0. The zero-order valence-corrected chi connectivity index (χ0v) is 22.6. The van der Waals surface area contributed by atoms with Gasteiger partial charge in [-0.15, -0.1) is 0 Å². The van der Waals surface area contributed by atoms with E-state index in [2.05, 4.69) is 45.5 Å². The molecule has 0 N–H and O–H groups in total. The summed E-state index contributed by atoms with van der Waals surface area (Å²) in [5.41, 5.74) is 6.98. The lowest BCUT2D eigenvalue weighted by Crippen LogP contribution is -2.14. The molecule has 8 aromatic rings. The highest BCUT2D eigenvalue weighted by Gasteiger charge is 2.18. The number of para-hydroxylation sites is 3. The summed E-state index contributed by atoms with van der Waals surface area (Å²) < 4.78 is 4.18. The van der Waals surface area contributed by atoms with Gasteiger partial charge in [0.05, 0.1) is 22.1 Å². The van der Waals surface area contributed by atoms with E-state index in [1.807, 2.05) is 109 Å². The van der Waals surface area contributed by atoms with Crippen LogP contribution >= 0.6 is 0 Å². The fourth-order valence-corrected chi connectivity index (χ4v) is 6.15. The normalized spacial score (nSPS) is 11.5. The topological polar surface area (TPSA) is 44.0 Å². The van der Waals surface area contributed by atoms with Crippen molar-refractivity contribution >= 4 is 43.6 Å². The molecule has 0 atom stereocenters. The summed E-state index contributed by atoms with van der Waals surface area (Å²) in [6.45, 7) is 0. The Morgan fingerprint density at radius 1 is 0.333 bits per heavy atom. The van der Waals surface area contributed by atoms with Gasteiger partial charge >= 0.3 is 0 Å². The quantitative estimate of drug-likeness (QED) is 0.212. The van der Waals surface area contributed by atoms with Crippen LogP contribution in [0, 0.1) is 0 Å². The van der Waals surface area contributed by atoms with E-state index >= 15 is 0 Å². The Morgan fingerprint density at radius 2 is 0.738 bits per heavy atom. The Kier molecular flexibility index (Phi) is 5.41. The Balaban J connectivity index is 1.51. The molecule has 4 nitrogen and oxygen atoms in total. The molecule has 0 unspecified atom stereocenters. The molecular weight excluding hydrogens is 516 g/mol. The lowest BCUT2D eigenvalue weighted by molar-refractivity contribution is 1.15. The Hall–Kier alpha value is -5.74. The first kappa shape index (κ1) is 24.1. The SMILES string of the molecule is O=c1c2ccccc2n(-c2ccccc2)c2cc3c(=O)c4ccccc4n(-c4ccc(-c5ccccc5)cc4)c3cc12. The maximum Gasteiger partial charge on any atom is 0.197 e. The van der Waals surface area contributed by atoms with Gasteiger partial charge in [-0.2, -0.15) is 0 Å². The number of fused-ring (bicyclic) bond motifs is 4. The molecule has 198 valence electrons. The molecule has 0 aliphatic heterocycles. The molecule has 6 aromatic carbocycles. The second-order valence-corrected chi connectivity index (χ2v) is 10.5. The van der Waals surface area contributed by atoms with Gasteiger partial charge in [0.15, 0.2) is 10.9 Å². The number of rotatable bonds is 3. The van der Waals surface area contributed by atoms with Gasteiger partial charge in [-0.05, 0) is 71.8 Å². The summed E-state index contributed by atoms with van der Waals surface area (Å²) in [7, 11) is 0. The predicted octanol–water partition coefficient (Wildman–Crippen LogP) is 8.27. The second-order valence-electron chi connectivity index (χ2n) is 10.5. The molecule has 0 aliphatic rings. The van der Waals surface area contributed by atoms with Crippen molar-refractivity contribution in [3.8, 4) is 22.5 Å². The largest absolute Gasteiger partial charge is 0.309 e. The standard InChI is InChI=1S/C38H24N2O2/c41-37-29-15-7-9-17-33(29)39(27-13-5-2-6-14-27)35-23-32-36(24-31(35)37)40(34-18-10-8-16-30(34)38(32)42)28-21-19-26(20-22-28)25-11-3-1-4-12-25/h1-24H. The van der Waals surface area contributed by atoms with E-state index in [1.54, 1.807) is 0 Å². The molecule has 0 amide bonds. The highest BCUT2D eigenvalue weighted by Crippen LogP contribution is 2.31. The Bertz CT molecular complexity index is 2420. The van der Waals surface area contributed by atoms with Crippen LogP contribution in [-0.2, 0) is 0 Å². The minimum Gasteiger partial charge on any atom is -0.309 e. The van der Waals surface area contributed by atoms with Gasteiger partial charge in [0, 0.05) is 32.9 Å². The molecule has 4 heteroatoms. The van der Waals surface area contributed by atoms with Crippen molar-refractivity contribution in [1.82, 2.24) is 9.13 Å². The first-order chi connectivity index (χ1) is 20.7. The summed E-state index contributed by atoms with van der Waals surface area (Å²) in [6.07, 6.45) is 0. The van der Waals surface area contributed by atoms with Crippen LogP contribution < -0.4 is 10.9 Å². The van der Waals surface area contributed by atoms with Crippen molar-refractivity contribution in [3.63, 3.8) is 0 Å². The van der Waals surface area contributed by atoms with Crippen molar-refractivity contribution in [2.24, 2.45) is 0 Å². The Morgan fingerprint density at radius 3 is 1.26 bits per heavy atom. The first-order valence-corrected chi connectivity index (χ1v) is 14.0. The highest BCUT2D eigenvalue weighted by molar-refractivity contribution is 6.05. The average molecular weight is 541 g/mol. The van der Waals surface area contributed by atoms with Crippen LogP contribution in [-0.4, -0.2) is 9.13 Å². The fourth-order valence-electron chi connectivity index (χ4n) is 6.15. The lowest BCUT2D eigenvalue weighted by atomic mass is 10.0. The van der Waals surface area contributed by atoms with E-state index in [0.29, 0.717) is 32.6 Å². The van der Waals surface area contributed by atoms with Crippen molar-refractivity contribution in [3.05, 3.63) is 166 Å². The van der Waals surface area contributed by atoms with Gasteiger partial charge in [-0.1, -0.05) is 84.9 Å². The number of nitrogens with zero attached hydrogens (tertiary/aromatic N) is 2. The molecular formula is C38H24N2O2. The van der Waals surface area contributed by atoms with Crippen molar-refractivity contribution in [1.29, 1.82) is 0 Å². The third-order valence-electron chi connectivity index (χ3n) is 8.11. The van der Waals surface area contributed by atoms with Crippen LogP contribution in [0.5, 0.6) is 0 Å². The van der Waals surface area contributed by atoms with E-state index < -0.39 is 0 Å². The fraction of sp³-hybridized carbons (Fsp3) is 0. The van der Waals surface area contributed by atoms with Crippen LogP contribution in [0.1, 0.15) is 0 Å². The van der Waals surface area contributed by atoms with Gasteiger partial charge in [0.1, 0.15) is 0 Å². The van der Waals surface area contributed by atoms with E-state index in [1.165, 1.54) is 0 Å². The molecule has 0 radical (unpaired) electrons. The number of hydrogen-bond donors (Lipinski definition) is 0. The van der Waals surface area contributed by atoms with Gasteiger partial charge in [-0.3, -0.25) is 9.59 Å². The van der Waals surface area contributed by atoms with Crippen LogP contribution in [0.2, 0.25) is 0 Å². The smallest absolute Gasteiger partial charge is 0.197 e. The van der Waals surface area contributed by atoms with E-state index in [0.717, 1.165) is 33.5 Å². The molecule has 0 saturated carbocycles. The predicted molar refractivity (Wildman–Crippen MR) is 173 cm³/mol. The van der Waals surface area contributed by atoms with Crippen molar-refractivity contribution < 1.29 is 0 Å². The zero-order chi connectivity index (χ0) is 28.2. The van der Waals surface area contributed by atoms with E-state index in [-0.39, 0.29) is 10.9 Å². The zero-order valence-electron chi connectivity index (χ0n) is 22.6. The maximum atomic E-state index is 14.0. The first-order valence-electron chi connectivity index (χ1n) is 14.0. The van der Waals surface area contributed by atoms with E-state index in [4.69, 9.17) is 0 Å². The molecule has 0 aliphatic carbocycles. The summed E-state index contributed by atoms with van der Waals surface area (Å²) in [5, 5.41) is 2.39. The van der Waals surface area contributed by atoms with Gasteiger partial charge in [0.25, 0.3) is 0 Å². The minimum atomic E-state index is -0.0557. The second kappa shape index (κ2) is 9.43. The number of aromatic nitrogens is 2. The third-order valence-corrected chi connectivity index (χ3v) is 8.11. The van der Waals surface area contributed by atoms with Gasteiger partial charge in [0.2, 0.25) is 0 Å². The number of pyridine rings is 2. The molecule has 8 rings (SSSR count). The average Bonchev–Trinajstić information content (AvgIpc) is 3.06. The van der Waals surface area contributed by atoms with Crippen molar-refractivity contribution in [2.45, 2.75) is 0 Å². The lowest BCUT2D eigenvalue weighted by Gasteiger charge is -2.19. The van der Waals surface area contributed by atoms with Gasteiger partial charge < -0.3 is 9.13 Å². The molecule has 0 saturated heterocycles. The van der Waals surface area contributed by atoms with Crippen LogP contribution in [0.25, 0.3) is 66.1 Å². The molecule has 2 heterocycles. The number of benzene rings is 6. The van der Waals surface area contributed by atoms with Crippen LogP contribution in [0.3, 0.4) is 0 Å². The summed E-state index contributed by atoms with van der Waals surface area (Å²) in [6, 6.07) is 47.7. The van der Waals surface area contributed by atoms with Crippen LogP contribution in [0.15, 0.2) is 155 Å². The highest BCUT2D eigenvalue weighted by atomic mass is 16.1. The monoisotopic (exact) mass is 540 g/mol. The number of hydrogen-bond acceptors (Lipinski definition) is 2. The molecule has 0 bridgehead atoms. The molecule has 2 aromatic heterocycles. The Labute approximate surface area is 241 Å². The summed E-state index contributed by atoms with van der Waals surface area (Å²) in [4.78, 5) is 28.1.